The SMILES string of the molecule is CC1(NS(=O)(=O)c2cccc(N)c2)CCOCC1. The molecule has 0 unspecified atom stereocenters. The number of ether oxygens (including phenoxy) is 1. The second-order valence-corrected chi connectivity index (χ2v) is 6.53. The van der Waals surface area contributed by atoms with Crippen molar-refractivity contribution in [3.8, 4) is 0 Å². The van der Waals surface area contributed by atoms with Crippen LogP contribution in [0, 0.1) is 0 Å². The van der Waals surface area contributed by atoms with Crippen molar-refractivity contribution >= 4 is 15.7 Å². The van der Waals surface area contributed by atoms with Crippen LogP contribution in [0.3, 0.4) is 0 Å². The van der Waals surface area contributed by atoms with Gasteiger partial charge in [-0.05, 0) is 38.0 Å². The number of hydrogen-bond donors (Lipinski definition) is 2. The third-order valence-corrected chi connectivity index (χ3v) is 4.78. The van der Waals surface area contributed by atoms with Gasteiger partial charge in [0.1, 0.15) is 0 Å². The Bertz CT molecular complexity index is 522. The number of nitrogens with two attached hydrogens (primary N) is 1. The van der Waals surface area contributed by atoms with Crippen LogP contribution in [0.5, 0.6) is 0 Å². The summed E-state index contributed by atoms with van der Waals surface area (Å²) < 4.78 is 32.5. The first-order valence-electron chi connectivity index (χ1n) is 5.89. The summed E-state index contributed by atoms with van der Waals surface area (Å²) in [6.07, 6.45) is 1.35. The maximum absolute atomic E-state index is 12.3. The highest BCUT2D eigenvalue weighted by atomic mass is 32.2. The molecule has 0 bridgehead atoms. The van der Waals surface area contributed by atoms with Gasteiger partial charge in [0.15, 0.2) is 0 Å². The molecule has 0 radical (unpaired) electrons. The fraction of sp³-hybridized carbons (Fsp3) is 0.500. The van der Waals surface area contributed by atoms with Gasteiger partial charge >= 0.3 is 0 Å². The Morgan fingerprint density at radius 1 is 1.33 bits per heavy atom. The molecule has 2 rings (SSSR count). The molecule has 5 nitrogen and oxygen atoms in total. The predicted molar refractivity (Wildman–Crippen MR) is 69.6 cm³/mol. The van der Waals surface area contributed by atoms with E-state index in [-0.39, 0.29) is 4.90 Å². The summed E-state index contributed by atoms with van der Waals surface area (Å²) in [6.45, 7) is 3.06. The summed E-state index contributed by atoms with van der Waals surface area (Å²) in [7, 11) is -3.53. The molecule has 0 saturated carbocycles. The normalized spacial score (nSPS) is 19.6. The average molecular weight is 270 g/mol. The maximum Gasteiger partial charge on any atom is 0.241 e. The second-order valence-electron chi connectivity index (χ2n) is 4.85. The molecule has 1 aromatic rings. The monoisotopic (exact) mass is 270 g/mol. The van der Waals surface area contributed by atoms with Crippen molar-refractivity contribution in [2.24, 2.45) is 0 Å². The average Bonchev–Trinajstić information content (AvgIpc) is 2.28. The van der Waals surface area contributed by atoms with Gasteiger partial charge in [0, 0.05) is 24.4 Å². The molecule has 18 heavy (non-hydrogen) atoms. The summed E-state index contributed by atoms with van der Waals surface area (Å²) in [5.41, 5.74) is 5.61. The summed E-state index contributed by atoms with van der Waals surface area (Å²) in [5.74, 6) is 0. The molecule has 100 valence electrons. The topological polar surface area (TPSA) is 81.4 Å². The van der Waals surface area contributed by atoms with E-state index in [9.17, 15) is 8.42 Å². The van der Waals surface area contributed by atoms with Gasteiger partial charge in [-0.15, -0.1) is 0 Å². The van der Waals surface area contributed by atoms with Crippen LogP contribution < -0.4 is 10.5 Å². The fourth-order valence-electron chi connectivity index (χ4n) is 1.99. The standard InChI is InChI=1S/C12H18N2O3S/c1-12(5-7-17-8-6-12)14-18(15,16)11-4-2-3-10(13)9-11/h2-4,9,14H,5-8,13H2,1H3. The molecule has 1 heterocycles. The lowest BCUT2D eigenvalue weighted by molar-refractivity contribution is 0.0537. The van der Waals surface area contributed by atoms with E-state index < -0.39 is 15.6 Å². The molecular formula is C12H18N2O3S. The predicted octanol–water partition coefficient (Wildman–Crippen LogP) is 1.12. The zero-order chi connectivity index (χ0) is 13.2. The molecule has 1 saturated heterocycles. The highest BCUT2D eigenvalue weighted by molar-refractivity contribution is 7.89. The molecule has 1 aliphatic rings. The van der Waals surface area contributed by atoms with Crippen LogP contribution >= 0.6 is 0 Å². The lowest BCUT2D eigenvalue weighted by Gasteiger charge is -2.34. The van der Waals surface area contributed by atoms with Gasteiger partial charge in [0.05, 0.1) is 4.90 Å². The van der Waals surface area contributed by atoms with Crippen molar-refractivity contribution in [1.82, 2.24) is 4.72 Å². The van der Waals surface area contributed by atoms with Crippen molar-refractivity contribution in [2.75, 3.05) is 18.9 Å². The molecule has 3 N–H and O–H groups in total. The van der Waals surface area contributed by atoms with Gasteiger partial charge in [0.25, 0.3) is 0 Å². The molecule has 0 aromatic heterocycles. The molecule has 0 atom stereocenters. The van der Waals surface area contributed by atoms with Crippen LogP contribution in [0.15, 0.2) is 29.2 Å². The van der Waals surface area contributed by atoms with Gasteiger partial charge in [-0.1, -0.05) is 6.07 Å². The number of nitrogens with one attached hydrogen (secondary N) is 1. The minimum atomic E-state index is -3.53. The third kappa shape index (κ3) is 3.01. The van der Waals surface area contributed by atoms with Crippen molar-refractivity contribution in [3.63, 3.8) is 0 Å². The number of nitrogen functional groups attached to an aromatic ring is 1. The summed E-state index contributed by atoms with van der Waals surface area (Å²) in [5, 5.41) is 0. The minimum absolute atomic E-state index is 0.204. The maximum atomic E-state index is 12.3. The number of benzene rings is 1. The summed E-state index contributed by atoms with van der Waals surface area (Å²) in [4.78, 5) is 0.204. The zero-order valence-corrected chi connectivity index (χ0v) is 11.2. The van der Waals surface area contributed by atoms with Crippen molar-refractivity contribution in [3.05, 3.63) is 24.3 Å². The van der Waals surface area contributed by atoms with E-state index in [1.807, 2.05) is 6.92 Å². The van der Waals surface area contributed by atoms with Crippen LogP contribution in [-0.4, -0.2) is 27.2 Å². The van der Waals surface area contributed by atoms with E-state index in [1.54, 1.807) is 18.2 Å². The Morgan fingerprint density at radius 3 is 2.61 bits per heavy atom. The van der Waals surface area contributed by atoms with E-state index in [4.69, 9.17) is 10.5 Å². The van der Waals surface area contributed by atoms with Crippen LogP contribution in [0.1, 0.15) is 19.8 Å². The summed E-state index contributed by atoms with van der Waals surface area (Å²) >= 11 is 0. The Morgan fingerprint density at radius 2 is 2.00 bits per heavy atom. The van der Waals surface area contributed by atoms with Crippen molar-refractivity contribution in [2.45, 2.75) is 30.2 Å². The molecule has 0 spiro atoms. The first kappa shape index (κ1) is 13.3. The van der Waals surface area contributed by atoms with E-state index in [2.05, 4.69) is 4.72 Å². The van der Waals surface area contributed by atoms with E-state index in [1.165, 1.54) is 6.07 Å². The molecule has 0 aliphatic carbocycles. The number of anilines is 1. The molecule has 0 amide bonds. The molecular weight excluding hydrogens is 252 g/mol. The smallest absolute Gasteiger partial charge is 0.241 e. The van der Waals surface area contributed by atoms with Crippen LogP contribution in [0.25, 0.3) is 0 Å². The van der Waals surface area contributed by atoms with E-state index in [0.29, 0.717) is 31.7 Å². The highest BCUT2D eigenvalue weighted by Crippen LogP contribution is 2.23. The first-order chi connectivity index (χ1) is 8.41. The largest absolute Gasteiger partial charge is 0.399 e. The van der Waals surface area contributed by atoms with Gasteiger partial charge < -0.3 is 10.5 Å². The zero-order valence-electron chi connectivity index (χ0n) is 10.3. The van der Waals surface area contributed by atoms with Crippen molar-refractivity contribution in [1.29, 1.82) is 0 Å². The Labute approximate surface area is 107 Å². The molecule has 1 fully saturated rings. The van der Waals surface area contributed by atoms with E-state index >= 15 is 0 Å². The van der Waals surface area contributed by atoms with Gasteiger partial charge in [-0.2, -0.15) is 0 Å². The van der Waals surface area contributed by atoms with Crippen LogP contribution in [0.4, 0.5) is 5.69 Å². The lowest BCUT2D eigenvalue weighted by atomic mass is 9.94. The van der Waals surface area contributed by atoms with Gasteiger partial charge in [-0.25, -0.2) is 13.1 Å². The highest BCUT2D eigenvalue weighted by Gasteiger charge is 2.32. The molecule has 1 aromatic carbocycles. The van der Waals surface area contributed by atoms with Crippen LogP contribution in [-0.2, 0) is 14.8 Å². The number of rotatable bonds is 3. The van der Waals surface area contributed by atoms with Gasteiger partial charge in [-0.3, -0.25) is 0 Å². The van der Waals surface area contributed by atoms with Gasteiger partial charge in [0.2, 0.25) is 10.0 Å². The number of sulfonamides is 1. The first-order valence-corrected chi connectivity index (χ1v) is 7.37. The fourth-order valence-corrected chi connectivity index (χ4v) is 3.51. The van der Waals surface area contributed by atoms with Crippen LogP contribution in [0.2, 0.25) is 0 Å². The van der Waals surface area contributed by atoms with E-state index in [0.717, 1.165) is 0 Å². The summed E-state index contributed by atoms with van der Waals surface area (Å²) in [6, 6.07) is 6.30. The molecule has 1 aliphatic heterocycles. The Kier molecular flexibility index (Phi) is 3.61. The quantitative estimate of drug-likeness (QED) is 0.806. The second kappa shape index (κ2) is 4.87. The molecule has 6 heteroatoms. The lowest BCUT2D eigenvalue weighted by Crippen LogP contribution is -2.49. The Hall–Kier alpha value is -1.11. The minimum Gasteiger partial charge on any atom is -0.399 e. The van der Waals surface area contributed by atoms with Crippen molar-refractivity contribution < 1.29 is 13.2 Å². The Balaban J connectivity index is 2.21. The third-order valence-electron chi connectivity index (χ3n) is 3.15. The number of hydrogen-bond acceptors (Lipinski definition) is 4.